The topological polar surface area (TPSA) is 22.8 Å². The number of allylic oxidation sites excluding steroid dienone is 1. The standard InChI is InChI=1S/C71H49N3/c1-6-18-48(19-7-1)53-32-36-68-62(42-53)63-43-54(49-20-8-2-9-21-49)33-37-69(63)73(68)60-30-16-28-57(40-60)66-46-59(52-26-14-5-15-27-52)47-67(72-66)58-29-17-31-61(41-58)74-70-38-34-55(50-22-10-3-11-23-50)44-64(70)65-45-56(35-39-71(65)74)51-24-12-4-13-25-51/h1-34,36-38,40-47H,35,39H2. The lowest BCUT2D eigenvalue weighted by Crippen LogP contribution is -2.05. The van der Waals surface area contributed by atoms with Crippen molar-refractivity contribution in [3.05, 3.63) is 284 Å². The molecule has 0 spiro atoms. The van der Waals surface area contributed by atoms with E-state index in [9.17, 15) is 0 Å². The van der Waals surface area contributed by atoms with Crippen molar-refractivity contribution in [1.82, 2.24) is 14.1 Å². The summed E-state index contributed by atoms with van der Waals surface area (Å²) in [6.07, 6.45) is 4.35. The zero-order valence-electron chi connectivity index (χ0n) is 40.7. The molecule has 13 aromatic rings. The summed E-state index contributed by atoms with van der Waals surface area (Å²) in [6, 6.07) is 96.9. The van der Waals surface area contributed by atoms with Gasteiger partial charge < -0.3 is 9.13 Å². The minimum absolute atomic E-state index is 0.919. The summed E-state index contributed by atoms with van der Waals surface area (Å²) in [5.41, 5.74) is 24.5. The minimum atomic E-state index is 0.919. The Hall–Kier alpha value is -9.57. The first-order chi connectivity index (χ1) is 36.7. The Morgan fingerprint density at radius 2 is 0.662 bits per heavy atom. The lowest BCUT2D eigenvalue weighted by Gasteiger charge is -2.18. The van der Waals surface area contributed by atoms with Gasteiger partial charge in [-0.05, 0) is 147 Å². The molecule has 0 aliphatic heterocycles. The fourth-order valence-electron chi connectivity index (χ4n) is 11.4. The summed E-state index contributed by atoms with van der Waals surface area (Å²) in [4.78, 5) is 5.57. The quantitative estimate of drug-likeness (QED) is 0.141. The van der Waals surface area contributed by atoms with E-state index in [0.717, 1.165) is 68.9 Å². The van der Waals surface area contributed by atoms with Crippen LogP contribution in [0, 0.1) is 0 Å². The fraction of sp³-hybridized carbons (Fsp3) is 0.0282. The van der Waals surface area contributed by atoms with Crippen molar-refractivity contribution < 1.29 is 0 Å². The van der Waals surface area contributed by atoms with Crippen molar-refractivity contribution in [3.8, 4) is 78.4 Å². The predicted octanol–water partition coefficient (Wildman–Crippen LogP) is 18.6. The Morgan fingerprint density at radius 3 is 1.14 bits per heavy atom. The van der Waals surface area contributed by atoms with Crippen LogP contribution in [0.2, 0.25) is 0 Å². The van der Waals surface area contributed by atoms with E-state index in [1.54, 1.807) is 0 Å². The van der Waals surface area contributed by atoms with Crippen molar-refractivity contribution in [2.24, 2.45) is 0 Å². The maximum Gasteiger partial charge on any atom is 0.0716 e. The molecule has 0 saturated carbocycles. The van der Waals surface area contributed by atoms with Gasteiger partial charge in [0, 0.05) is 49.9 Å². The van der Waals surface area contributed by atoms with Crippen LogP contribution < -0.4 is 0 Å². The normalized spacial score (nSPS) is 12.3. The van der Waals surface area contributed by atoms with E-state index in [1.165, 1.54) is 77.5 Å². The molecule has 0 bridgehead atoms. The highest BCUT2D eigenvalue weighted by atomic mass is 15.0. The van der Waals surface area contributed by atoms with Crippen molar-refractivity contribution in [3.63, 3.8) is 0 Å². The summed E-state index contributed by atoms with van der Waals surface area (Å²) in [7, 11) is 0. The van der Waals surface area contributed by atoms with Gasteiger partial charge in [-0.3, -0.25) is 0 Å². The van der Waals surface area contributed by atoms with Gasteiger partial charge in [0.05, 0.1) is 27.9 Å². The summed E-state index contributed by atoms with van der Waals surface area (Å²) in [6.45, 7) is 0. The van der Waals surface area contributed by atoms with E-state index in [1.807, 2.05) is 0 Å². The number of nitrogens with zero attached hydrogens (tertiary/aromatic N) is 3. The van der Waals surface area contributed by atoms with Gasteiger partial charge in [-0.1, -0.05) is 194 Å². The molecule has 348 valence electrons. The largest absolute Gasteiger partial charge is 0.313 e. The molecule has 0 amide bonds. The molecule has 0 fully saturated rings. The third kappa shape index (κ3) is 7.74. The molecule has 3 heterocycles. The van der Waals surface area contributed by atoms with Crippen molar-refractivity contribution in [2.75, 3.05) is 0 Å². The highest BCUT2D eigenvalue weighted by Crippen LogP contribution is 2.42. The molecule has 10 aromatic carbocycles. The first kappa shape index (κ1) is 43.2. The first-order valence-corrected chi connectivity index (χ1v) is 25.6. The Labute approximate surface area is 431 Å². The molecule has 0 unspecified atom stereocenters. The Bertz CT molecular complexity index is 4160. The van der Waals surface area contributed by atoms with Gasteiger partial charge in [0.25, 0.3) is 0 Å². The molecule has 14 rings (SSSR count). The van der Waals surface area contributed by atoms with E-state index in [2.05, 4.69) is 282 Å². The smallest absolute Gasteiger partial charge is 0.0716 e. The van der Waals surface area contributed by atoms with Crippen LogP contribution in [0.3, 0.4) is 0 Å². The number of hydrogen-bond acceptors (Lipinski definition) is 1. The van der Waals surface area contributed by atoms with Crippen LogP contribution in [0.5, 0.6) is 0 Å². The minimum Gasteiger partial charge on any atom is -0.313 e. The molecule has 1 aliphatic carbocycles. The second-order valence-corrected chi connectivity index (χ2v) is 19.5. The third-order valence-corrected chi connectivity index (χ3v) is 15.0. The highest BCUT2D eigenvalue weighted by Gasteiger charge is 2.23. The van der Waals surface area contributed by atoms with Crippen LogP contribution in [-0.2, 0) is 6.42 Å². The lowest BCUT2D eigenvalue weighted by atomic mass is 9.91. The van der Waals surface area contributed by atoms with Crippen LogP contribution in [0.1, 0.15) is 23.2 Å². The molecule has 74 heavy (non-hydrogen) atoms. The highest BCUT2D eigenvalue weighted by molar-refractivity contribution is 6.12. The van der Waals surface area contributed by atoms with Crippen LogP contribution >= 0.6 is 0 Å². The fourth-order valence-corrected chi connectivity index (χ4v) is 11.4. The number of benzene rings is 10. The average molecular weight is 944 g/mol. The predicted molar refractivity (Wildman–Crippen MR) is 311 cm³/mol. The molecule has 0 radical (unpaired) electrons. The number of pyridine rings is 1. The van der Waals surface area contributed by atoms with Gasteiger partial charge in [-0.25, -0.2) is 4.98 Å². The van der Waals surface area contributed by atoms with Crippen molar-refractivity contribution in [1.29, 1.82) is 0 Å². The number of rotatable bonds is 9. The summed E-state index contributed by atoms with van der Waals surface area (Å²) in [5.74, 6) is 0. The molecule has 0 N–H and O–H groups in total. The maximum absolute atomic E-state index is 5.57. The first-order valence-electron chi connectivity index (χ1n) is 25.6. The molecular formula is C71H49N3. The Morgan fingerprint density at radius 1 is 0.270 bits per heavy atom. The van der Waals surface area contributed by atoms with Crippen LogP contribution in [-0.4, -0.2) is 14.1 Å². The van der Waals surface area contributed by atoms with Gasteiger partial charge in [0.15, 0.2) is 0 Å². The summed E-state index contributed by atoms with van der Waals surface area (Å²) in [5, 5.41) is 3.71. The molecule has 3 heteroatoms. The van der Waals surface area contributed by atoms with E-state index in [-0.39, 0.29) is 0 Å². The number of hydrogen-bond donors (Lipinski definition) is 0. The van der Waals surface area contributed by atoms with Crippen LogP contribution in [0.15, 0.2) is 267 Å². The number of aromatic nitrogens is 3. The molecular weight excluding hydrogens is 895 g/mol. The van der Waals surface area contributed by atoms with E-state index < -0.39 is 0 Å². The molecule has 3 aromatic heterocycles. The zero-order chi connectivity index (χ0) is 49.0. The molecule has 3 nitrogen and oxygen atoms in total. The number of fused-ring (bicyclic) bond motifs is 6. The maximum atomic E-state index is 5.57. The van der Waals surface area contributed by atoms with Gasteiger partial charge >= 0.3 is 0 Å². The molecule has 0 saturated heterocycles. The van der Waals surface area contributed by atoms with Gasteiger partial charge in [-0.2, -0.15) is 0 Å². The lowest BCUT2D eigenvalue weighted by molar-refractivity contribution is 0.898. The van der Waals surface area contributed by atoms with E-state index in [0.29, 0.717) is 0 Å². The average Bonchev–Trinajstić information content (AvgIpc) is 4.00. The Kier molecular flexibility index (Phi) is 10.7. The van der Waals surface area contributed by atoms with E-state index in [4.69, 9.17) is 4.98 Å². The molecule has 0 atom stereocenters. The zero-order valence-corrected chi connectivity index (χ0v) is 40.7. The van der Waals surface area contributed by atoms with Gasteiger partial charge in [-0.15, -0.1) is 0 Å². The monoisotopic (exact) mass is 943 g/mol. The van der Waals surface area contributed by atoms with Gasteiger partial charge in [0.2, 0.25) is 0 Å². The SMILES string of the molecule is C1=C(c2ccccc2)CCc2c1c1cc(-c3ccccc3)ccc1n2-c1cccc(-c2cc(-c3ccccc3)cc(-c3cccc(-n4c5ccc(-c6ccccc6)cc5c5cc(-c6ccccc6)ccc54)c3)n2)c1. The second kappa shape index (κ2) is 18.2. The van der Waals surface area contributed by atoms with Gasteiger partial charge in [0.1, 0.15) is 0 Å². The van der Waals surface area contributed by atoms with Crippen molar-refractivity contribution in [2.45, 2.75) is 12.8 Å². The van der Waals surface area contributed by atoms with Crippen LogP contribution in [0.25, 0.3) is 123 Å². The Balaban J connectivity index is 0.909. The summed E-state index contributed by atoms with van der Waals surface area (Å²) >= 11 is 0. The van der Waals surface area contributed by atoms with Crippen molar-refractivity contribution >= 4 is 44.4 Å². The molecule has 1 aliphatic rings. The second-order valence-electron chi connectivity index (χ2n) is 19.5. The van der Waals surface area contributed by atoms with Crippen LogP contribution in [0.4, 0.5) is 0 Å². The third-order valence-electron chi connectivity index (χ3n) is 15.0. The summed E-state index contributed by atoms with van der Waals surface area (Å²) < 4.78 is 4.93. The van der Waals surface area contributed by atoms with E-state index >= 15 is 0 Å².